The van der Waals surface area contributed by atoms with E-state index in [2.05, 4.69) is 21.2 Å². The Bertz CT molecular complexity index is 560. The largest absolute Gasteiger partial charge is 0.397 e. The summed E-state index contributed by atoms with van der Waals surface area (Å²) in [6, 6.07) is 10.0. The summed E-state index contributed by atoms with van der Waals surface area (Å²) in [6.45, 7) is 0. The molecule has 88 valence electrons. The molecule has 0 aliphatic carbocycles. The van der Waals surface area contributed by atoms with Crippen LogP contribution in [0.4, 0.5) is 21.5 Å². The summed E-state index contributed by atoms with van der Waals surface area (Å²) in [5.74, 6) is -0.381. The molecule has 5 heteroatoms. The molecule has 0 bridgehead atoms. The van der Waals surface area contributed by atoms with Gasteiger partial charge in [0, 0.05) is 6.07 Å². The van der Waals surface area contributed by atoms with E-state index in [9.17, 15) is 4.39 Å². The Hall–Kier alpha value is -1.26. The van der Waals surface area contributed by atoms with Crippen molar-refractivity contribution in [2.45, 2.75) is 0 Å². The van der Waals surface area contributed by atoms with E-state index in [4.69, 9.17) is 17.3 Å². The second-order valence-electron chi connectivity index (χ2n) is 3.46. The highest BCUT2D eigenvalue weighted by Crippen LogP contribution is 2.31. The molecular formula is C12H9BrClFN2. The third-order valence-corrected chi connectivity index (χ3v) is 3.17. The van der Waals surface area contributed by atoms with Crippen molar-refractivity contribution < 1.29 is 4.39 Å². The summed E-state index contributed by atoms with van der Waals surface area (Å²) in [6.07, 6.45) is 0. The van der Waals surface area contributed by atoms with Gasteiger partial charge in [-0.15, -0.1) is 0 Å². The molecule has 0 atom stereocenters. The number of benzene rings is 2. The minimum atomic E-state index is -0.381. The van der Waals surface area contributed by atoms with Crippen LogP contribution in [0.5, 0.6) is 0 Å². The molecule has 2 aromatic carbocycles. The number of hydrogen-bond acceptors (Lipinski definition) is 2. The number of halogens is 3. The standard InChI is InChI=1S/C12H9BrClFN2/c13-7-5-10(16)12(6-9(7)15)17-11-4-2-1-3-8(11)14/h1-6,17H,16H2. The van der Waals surface area contributed by atoms with Crippen LogP contribution in [0.2, 0.25) is 5.02 Å². The zero-order chi connectivity index (χ0) is 12.4. The monoisotopic (exact) mass is 314 g/mol. The van der Waals surface area contributed by atoms with Crippen LogP contribution in [0, 0.1) is 5.82 Å². The van der Waals surface area contributed by atoms with E-state index in [-0.39, 0.29) is 5.82 Å². The molecule has 0 heterocycles. The number of nitrogens with two attached hydrogens (primary N) is 1. The van der Waals surface area contributed by atoms with Gasteiger partial charge in [-0.2, -0.15) is 0 Å². The highest BCUT2D eigenvalue weighted by atomic mass is 79.9. The van der Waals surface area contributed by atoms with Gasteiger partial charge < -0.3 is 11.1 Å². The molecule has 2 nitrogen and oxygen atoms in total. The van der Waals surface area contributed by atoms with Gasteiger partial charge in [-0.3, -0.25) is 0 Å². The Kier molecular flexibility index (Phi) is 3.54. The predicted molar refractivity (Wildman–Crippen MR) is 73.2 cm³/mol. The fraction of sp³-hybridized carbons (Fsp3) is 0. The van der Waals surface area contributed by atoms with Gasteiger partial charge in [0.25, 0.3) is 0 Å². The van der Waals surface area contributed by atoms with Crippen molar-refractivity contribution >= 4 is 44.6 Å². The molecule has 2 rings (SSSR count). The number of para-hydroxylation sites is 1. The average Bonchev–Trinajstić information content (AvgIpc) is 2.29. The number of rotatable bonds is 2. The summed E-state index contributed by atoms with van der Waals surface area (Å²) in [5, 5.41) is 3.54. The fourth-order valence-corrected chi connectivity index (χ4v) is 1.92. The van der Waals surface area contributed by atoms with Crippen LogP contribution in [0.1, 0.15) is 0 Å². The first-order valence-electron chi connectivity index (χ1n) is 4.84. The van der Waals surface area contributed by atoms with Gasteiger partial charge in [0.2, 0.25) is 0 Å². The van der Waals surface area contributed by atoms with Crippen molar-refractivity contribution in [2.75, 3.05) is 11.1 Å². The van der Waals surface area contributed by atoms with Crippen LogP contribution in [0.25, 0.3) is 0 Å². The first kappa shape index (κ1) is 12.2. The smallest absolute Gasteiger partial charge is 0.139 e. The Morgan fingerprint density at radius 1 is 1.18 bits per heavy atom. The van der Waals surface area contributed by atoms with Crippen molar-refractivity contribution in [1.29, 1.82) is 0 Å². The Morgan fingerprint density at radius 2 is 1.88 bits per heavy atom. The average molecular weight is 316 g/mol. The highest BCUT2D eigenvalue weighted by molar-refractivity contribution is 9.10. The van der Waals surface area contributed by atoms with Gasteiger partial charge in [0.15, 0.2) is 0 Å². The van der Waals surface area contributed by atoms with Gasteiger partial charge in [-0.25, -0.2) is 4.39 Å². The molecule has 0 aliphatic heterocycles. The van der Waals surface area contributed by atoms with Crippen LogP contribution in [0.15, 0.2) is 40.9 Å². The molecule has 0 aliphatic rings. The van der Waals surface area contributed by atoms with E-state index >= 15 is 0 Å². The molecule has 17 heavy (non-hydrogen) atoms. The zero-order valence-corrected chi connectivity index (χ0v) is 11.0. The van der Waals surface area contributed by atoms with E-state index in [1.807, 2.05) is 12.1 Å². The van der Waals surface area contributed by atoms with E-state index in [0.29, 0.717) is 26.6 Å². The molecule has 0 saturated carbocycles. The van der Waals surface area contributed by atoms with Gasteiger partial charge in [0.1, 0.15) is 5.82 Å². The molecule has 2 aromatic rings. The molecule has 0 amide bonds. The number of nitrogen functional groups attached to an aromatic ring is 1. The minimum Gasteiger partial charge on any atom is -0.397 e. The minimum absolute atomic E-state index is 0.333. The van der Waals surface area contributed by atoms with E-state index in [1.165, 1.54) is 12.1 Å². The van der Waals surface area contributed by atoms with Crippen molar-refractivity contribution in [3.8, 4) is 0 Å². The van der Waals surface area contributed by atoms with Gasteiger partial charge in [-0.1, -0.05) is 23.7 Å². The van der Waals surface area contributed by atoms with E-state index in [0.717, 1.165) is 0 Å². The quantitative estimate of drug-likeness (QED) is 0.797. The second kappa shape index (κ2) is 4.94. The summed E-state index contributed by atoms with van der Waals surface area (Å²) in [4.78, 5) is 0. The SMILES string of the molecule is Nc1cc(Br)c(F)cc1Nc1ccccc1Cl. The molecule has 3 N–H and O–H groups in total. The first-order chi connectivity index (χ1) is 8.08. The number of anilines is 3. The van der Waals surface area contributed by atoms with E-state index in [1.54, 1.807) is 12.1 Å². The third-order valence-electron chi connectivity index (χ3n) is 2.24. The maximum atomic E-state index is 13.4. The van der Waals surface area contributed by atoms with Crippen LogP contribution in [0.3, 0.4) is 0 Å². The Morgan fingerprint density at radius 3 is 2.59 bits per heavy atom. The topological polar surface area (TPSA) is 38.0 Å². The molecule has 0 fully saturated rings. The van der Waals surface area contributed by atoms with E-state index < -0.39 is 0 Å². The van der Waals surface area contributed by atoms with Crippen molar-refractivity contribution in [2.24, 2.45) is 0 Å². The predicted octanol–water partition coefficient (Wildman–Crippen LogP) is 4.57. The summed E-state index contributed by atoms with van der Waals surface area (Å²) in [5.41, 5.74) is 7.40. The van der Waals surface area contributed by atoms with Crippen molar-refractivity contribution in [1.82, 2.24) is 0 Å². The van der Waals surface area contributed by atoms with Crippen LogP contribution in [-0.2, 0) is 0 Å². The van der Waals surface area contributed by atoms with Crippen molar-refractivity contribution in [3.63, 3.8) is 0 Å². The normalized spacial score (nSPS) is 10.3. The summed E-state index contributed by atoms with van der Waals surface area (Å²) in [7, 11) is 0. The lowest BCUT2D eigenvalue weighted by atomic mass is 10.2. The number of nitrogens with one attached hydrogen (secondary N) is 1. The Labute approximate surface area is 112 Å². The zero-order valence-electron chi connectivity index (χ0n) is 8.68. The molecule has 0 spiro atoms. The maximum Gasteiger partial charge on any atom is 0.139 e. The number of hydrogen-bond donors (Lipinski definition) is 2. The fourth-order valence-electron chi connectivity index (χ4n) is 1.38. The second-order valence-corrected chi connectivity index (χ2v) is 4.72. The molecule has 0 unspecified atom stereocenters. The van der Waals surface area contributed by atoms with Gasteiger partial charge in [-0.05, 0) is 34.1 Å². The molecule has 0 aromatic heterocycles. The van der Waals surface area contributed by atoms with Crippen LogP contribution < -0.4 is 11.1 Å². The maximum absolute atomic E-state index is 13.4. The lowest BCUT2D eigenvalue weighted by Crippen LogP contribution is -1.98. The lowest BCUT2D eigenvalue weighted by molar-refractivity contribution is 0.622. The van der Waals surface area contributed by atoms with Crippen LogP contribution in [-0.4, -0.2) is 0 Å². The summed E-state index contributed by atoms with van der Waals surface area (Å²) >= 11 is 9.06. The lowest BCUT2D eigenvalue weighted by Gasteiger charge is -2.11. The van der Waals surface area contributed by atoms with Gasteiger partial charge >= 0.3 is 0 Å². The first-order valence-corrected chi connectivity index (χ1v) is 6.01. The highest BCUT2D eigenvalue weighted by Gasteiger charge is 2.07. The molecular weight excluding hydrogens is 307 g/mol. The van der Waals surface area contributed by atoms with Crippen molar-refractivity contribution in [3.05, 3.63) is 51.7 Å². The molecule has 0 saturated heterocycles. The molecule has 0 radical (unpaired) electrons. The van der Waals surface area contributed by atoms with Crippen LogP contribution >= 0.6 is 27.5 Å². The summed E-state index contributed by atoms with van der Waals surface area (Å²) < 4.78 is 13.7. The third kappa shape index (κ3) is 2.70. The Balaban J connectivity index is 2.37. The van der Waals surface area contributed by atoms with Gasteiger partial charge in [0.05, 0.1) is 26.6 Å².